The van der Waals surface area contributed by atoms with Crippen LogP contribution in [0.25, 0.3) is 0 Å². The Balaban J connectivity index is 2.26. The van der Waals surface area contributed by atoms with Crippen molar-refractivity contribution in [1.29, 1.82) is 0 Å². The number of rotatable bonds is 4. The predicted molar refractivity (Wildman–Crippen MR) is 84.6 cm³/mol. The Hall–Kier alpha value is -2.67. The van der Waals surface area contributed by atoms with Crippen LogP contribution >= 0.6 is 11.6 Å². The summed E-state index contributed by atoms with van der Waals surface area (Å²) in [7, 11) is 3.56. The highest BCUT2D eigenvalue weighted by molar-refractivity contribution is 6.30. The van der Waals surface area contributed by atoms with Crippen molar-refractivity contribution < 1.29 is 9.72 Å². The first-order valence-electron chi connectivity index (χ1n) is 6.27. The topological polar surface area (TPSA) is 88.4 Å². The first-order chi connectivity index (χ1) is 10.4. The molecule has 0 atom stereocenters. The zero-order valence-electron chi connectivity index (χ0n) is 11.9. The molecule has 1 aromatic heterocycles. The molecule has 0 aliphatic heterocycles. The average Bonchev–Trinajstić information content (AvgIpc) is 2.46. The van der Waals surface area contributed by atoms with Crippen molar-refractivity contribution in [2.75, 3.05) is 24.3 Å². The molecule has 0 spiro atoms. The second kappa shape index (κ2) is 6.40. The van der Waals surface area contributed by atoms with Crippen molar-refractivity contribution in [2.24, 2.45) is 0 Å². The van der Waals surface area contributed by atoms with Gasteiger partial charge in [0.15, 0.2) is 0 Å². The molecule has 0 bridgehead atoms. The largest absolute Gasteiger partial charge is 0.363 e. The van der Waals surface area contributed by atoms with E-state index in [1.54, 1.807) is 31.1 Å². The van der Waals surface area contributed by atoms with Gasteiger partial charge in [0.05, 0.1) is 4.92 Å². The Labute approximate surface area is 131 Å². The van der Waals surface area contributed by atoms with Gasteiger partial charge in [-0.15, -0.1) is 0 Å². The van der Waals surface area contributed by atoms with E-state index >= 15 is 0 Å². The van der Waals surface area contributed by atoms with Gasteiger partial charge in [-0.3, -0.25) is 14.9 Å². The van der Waals surface area contributed by atoms with Gasteiger partial charge in [0.25, 0.3) is 11.6 Å². The molecule has 1 amide bonds. The summed E-state index contributed by atoms with van der Waals surface area (Å²) < 4.78 is 0. The molecule has 0 saturated carbocycles. The van der Waals surface area contributed by atoms with Crippen LogP contribution in [-0.4, -0.2) is 29.9 Å². The van der Waals surface area contributed by atoms with Crippen LogP contribution in [0.4, 0.5) is 17.2 Å². The van der Waals surface area contributed by atoms with E-state index in [2.05, 4.69) is 10.3 Å². The Bertz CT molecular complexity index is 734. The molecule has 22 heavy (non-hydrogen) atoms. The standard InChI is InChI=1S/C14H13ClN4O3/c1-18(2)13-7-9(6-12(15)17-13)14(20)16-10-4-3-5-11(8-10)19(21)22/h3-8H,1-2H3,(H,16,20). The lowest BCUT2D eigenvalue weighted by Crippen LogP contribution is -2.15. The van der Waals surface area contributed by atoms with E-state index in [1.165, 1.54) is 24.3 Å². The van der Waals surface area contributed by atoms with Crippen molar-refractivity contribution in [3.8, 4) is 0 Å². The fourth-order valence-electron chi connectivity index (χ4n) is 1.74. The van der Waals surface area contributed by atoms with Gasteiger partial charge in [0, 0.05) is 37.5 Å². The highest BCUT2D eigenvalue weighted by Crippen LogP contribution is 2.20. The number of nitrogens with zero attached hydrogens (tertiary/aromatic N) is 3. The van der Waals surface area contributed by atoms with E-state index in [4.69, 9.17) is 11.6 Å². The normalized spacial score (nSPS) is 10.1. The zero-order chi connectivity index (χ0) is 16.3. The second-order valence-corrected chi connectivity index (χ2v) is 5.08. The summed E-state index contributed by atoms with van der Waals surface area (Å²) in [5.74, 6) is 0.115. The fourth-order valence-corrected chi connectivity index (χ4v) is 1.95. The molecule has 0 aliphatic rings. The number of anilines is 2. The number of pyridine rings is 1. The lowest BCUT2D eigenvalue weighted by Gasteiger charge is -2.13. The van der Waals surface area contributed by atoms with E-state index < -0.39 is 10.8 Å². The molecule has 2 aromatic rings. The maximum Gasteiger partial charge on any atom is 0.271 e. The number of carbonyl (C=O) groups excluding carboxylic acids is 1. The summed E-state index contributed by atoms with van der Waals surface area (Å²) in [4.78, 5) is 28.2. The van der Waals surface area contributed by atoms with Crippen molar-refractivity contribution in [3.05, 3.63) is 57.2 Å². The number of hydrogen-bond donors (Lipinski definition) is 1. The molecule has 7 nitrogen and oxygen atoms in total. The van der Waals surface area contributed by atoms with Gasteiger partial charge in [0.1, 0.15) is 11.0 Å². The molecule has 2 rings (SSSR count). The Morgan fingerprint density at radius 3 is 2.68 bits per heavy atom. The van der Waals surface area contributed by atoms with Crippen molar-refractivity contribution in [3.63, 3.8) is 0 Å². The van der Waals surface area contributed by atoms with Crippen LogP contribution in [0, 0.1) is 10.1 Å². The molecular weight excluding hydrogens is 308 g/mol. The molecule has 1 N–H and O–H groups in total. The molecule has 0 unspecified atom stereocenters. The smallest absolute Gasteiger partial charge is 0.271 e. The SMILES string of the molecule is CN(C)c1cc(C(=O)Nc2cccc([N+](=O)[O-])c2)cc(Cl)n1. The van der Waals surface area contributed by atoms with Gasteiger partial charge in [-0.2, -0.15) is 0 Å². The summed E-state index contributed by atoms with van der Waals surface area (Å²) in [5.41, 5.74) is 0.549. The van der Waals surface area contributed by atoms with Crippen LogP contribution < -0.4 is 10.2 Å². The monoisotopic (exact) mass is 320 g/mol. The summed E-state index contributed by atoms with van der Waals surface area (Å²) in [5, 5.41) is 13.5. The number of hydrogen-bond acceptors (Lipinski definition) is 5. The summed E-state index contributed by atoms with van der Waals surface area (Å²) in [6.07, 6.45) is 0. The number of aromatic nitrogens is 1. The lowest BCUT2D eigenvalue weighted by molar-refractivity contribution is -0.384. The van der Waals surface area contributed by atoms with Crippen molar-refractivity contribution in [1.82, 2.24) is 4.98 Å². The maximum atomic E-state index is 12.2. The lowest BCUT2D eigenvalue weighted by atomic mass is 10.2. The number of nitro benzene ring substituents is 1. The molecule has 0 aliphatic carbocycles. The third-order valence-corrected chi connectivity index (χ3v) is 3.01. The quantitative estimate of drug-likeness (QED) is 0.531. The Kier molecular flexibility index (Phi) is 4.57. The fraction of sp³-hybridized carbons (Fsp3) is 0.143. The van der Waals surface area contributed by atoms with E-state index in [1.807, 2.05) is 0 Å². The molecule has 1 aromatic carbocycles. The Morgan fingerprint density at radius 2 is 2.05 bits per heavy atom. The van der Waals surface area contributed by atoms with E-state index in [0.717, 1.165) is 0 Å². The summed E-state index contributed by atoms with van der Waals surface area (Å²) >= 11 is 5.90. The maximum absolute atomic E-state index is 12.2. The van der Waals surface area contributed by atoms with E-state index in [9.17, 15) is 14.9 Å². The number of amides is 1. The number of non-ortho nitro benzene ring substituents is 1. The molecular formula is C14H13ClN4O3. The molecule has 0 saturated heterocycles. The van der Waals surface area contributed by atoms with Crippen molar-refractivity contribution >= 4 is 34.7 Å². The number of halogens is 1. The zero-order valence-corrected chi connectivity index (χ0v) is 12.7. The number of benzene rings is 1. The van der Waals surface area contributed by atoms with Gasteiger partial charge in [-0.1, -0.05) is 17.7 Å². The van der Waals surface area contributed by atoms with Crippen LogP contribution in [-0.2, 0) is 0 Å². The first kappa shape index (κ1) is 15.7. The van der Waals surface area contributed by atoms with Crippen LogP contribution in [0.5, 0.6) is 0 Å². The van der Waals surface area contributed by atoms with E-state index in [0.29, 0.717) is 17.1 Å². The second-order valence-electron chi connectivity index (χ2n) is 4.69. The third kappa shape index (κ3) is 3.70. The van der Waals surface area contributed by atoms with E-state index in [-0.39, 0.29) is 10.8 Å². The van der Waals surface area contributed by atoms with Crippen LogP contribution in [0.3, 0.4) is 0 Å². The molecule has 114 valence electrons. The number of nitrogens with one attached hydrogen (secondary N) is 1. The third-order valence-electron chi connectivity index (χ3n) is 2.82. The number of nitro groups is 1. The summed E-state index contributed by atoms with van der Waals surface area (Å²) in [6.45, 7) is 0. The molecule has 8 heteroatoms. The number of carbonyl (C=O) groups is 1. The minimum Gasteiger partial charge on any atom is -0.363 e. The summed E-state index contributed by atoms with van der Waals surface area (Å²) in [6, 6.07) is 8.72. The highest BCUT2D eigenvalue weighted by Gasteiger charge is 2.12. The van der Waals surface area contributed by atoms with Crippen LogP contribution in [0.15, 0.2) is 36.4 Å². The first-order valence-corrected chi connectivity index (χ1v) is 6.65. The average molecular weight is 321 g/mol. The van der Waals surface area contributed by atoms with Gasteiger partial charge in [-0.05, 0) is 18.2 Å². The van der Waals surface area contributed by atoms with Crippen LogP contribution in [0.1, 0.15) is 10.4 Å². The van der Waals surface area contributed by atoms with Gasteiger partial charge < -0.3 is 10.2 Å². The molecule has 0 fully saturated rings. The van der Waals surface area contributed by atoms with Crippen molar-refractivity contribution in [2.45, 2.75) is 0 Å². The minimum absolute atomic E-state index is 0.0976. The minimum atomic E-state index is -0.525. The Morgan fingerprint density at radius 1 is 1.32 bits per heavy atom. The van der Waals surface area contributed by atoms with Gasteiger partial charge >= 0.3 is 0 Å². The van der Waals surface area contributed by atoms with Crippen LogP contribution in [0.2, 0.25) is 5.15 Å². The highest BCUT2D eigenvalue weighted by atomic mass is 35.5. The predicted octanol–water partition coefficient (Wildman–Crippen LogP) is 2.96. The van der Waals surface area contributed by atoms with Gasteiger partial charge in [0.2, 0.25) is 0 Å². The van der Waals surface area contributed by atoms with Gasteiger partial charge in [-0.25, -0.2) is 4.98 Å². The molecule has 0 radical (unpaired) electrons. The molecule has 1 heterocycles.